The van der Waals surface area contributed by atoms with Crippen LogP contribution < -0.4 is 10.6 Å². The summed E-state index contributed by atoms with van der Waals surface area (Å²) in [6.07, 6.45) is 6.94. The summed E-state index contributed by atoms with van der Waals surface area (Å²) in [5, 5.41) is 5.77. The fourth-order valence-electron chi connectivity index (χ4n) is 2.95. The van der Waals surface area contributed by atoms with Crippen molar-refractivity contribution in [3.05, 3.63) is 23.6 Å². The Morgan fingerprint density at radius 1 is 1.45 bits per heavy atom. The van der Waals surface area contributed by atoms with Crippen LogP contribution in [0.25, 0.3) is 0 Å². The van der Waals surface area contributed by atoms with Crippen LogP contribution in [0.15, 0.2) is 12.3 Å². The van der Waals surface area contributed by atoms with Crippen molar-refractivity contribution in [2.24, 2.45) is 5.41 Å². The Kier molecular flexibility index (Phi) is 4.57. The third kappa shape index (κ3) is 3.08. The van der Waals surface area contributed by atoms with Crippen molar-refractivity contribution in [2.45, 2.75) is 39.0 Å². The molecule has 0 bridgehead atoms. The first kappa shape index (κ1) is 14.8. The van der Waals surface area contributed by atoms with Crippen molar-refractivity contribution in [1.82, 2.24) is 10.3 Å². The van der Waals surface area contributed by atoms with Crippen LogP contribution in [0, 0.1) is 11.2 Å². The maximum Gasteiger partial charge on any atom is 0.255 e. The predicted molar refractivity (Wildman–Crippen MR) is 77.3 cm³/mol. The van der Waals surface area contributed by atoms with Crippen LogP contribution in [0.4, 0.5) is 10.2 Å². The van der Waals surface area contributed by atoms with Gasteiger partial charge in [0.1, 0.15) is 11.6 Å². The van der Waals surface area contributed by atoms with Gasteiger partial charge in [-0.05, 0) is 30.7 Å². The molecule has 1 heterocycles. The number of amides is 1. The van der Waals surface area contributed by atoms with Gasteiger partial charge >= 0.3 is 0 Å². The van der Waals surface area contributed by atoms with Gasteiger partial charge in [0.15, 0.2) is 0 Å². The number of carbonyl (C=O) groups excluding carboxylic acids is 1. The summed E-state index contributed by atoms with van der Waals surface area (Å²) in [7, 11) is 1.67. The van der Waals surface area contributed by atoms with E-state index in [0.717, 1.165) is 25.5 Å². The molecule has 4 nitrogen and oxygen atoms in total. The average Bonchev–Trinajstić information content (AvgIpc) is 2.94. The molecule has 110 valence electrons. The number of pyridine rings is 1. The first-order valence-corrected chi connectivity index (χ1v) is 7.22. The molecule has 1 amide bonds. The fraction of sp³-hybridized carbons (Fsp3) is 0.600. The molecule has 1 aromatic rings. The van der Waals surface area contributed by atoms with E-state index in [2.05, 4.69) is 22.5 Å². The van der Waals surface area contributed by atoms with Crippen molar-refractivity contribution in [3.8, 4) is 0 Å². The Morgan fingerprint density at radius 2 is 2.15 bits per heavy atom. The summed E-state index contributed by atoms with van der Waals surface area (Å²) in [5.41, 5.74) is 0.479. The van der Waals surface area contributed by atoms with Gasteiger partial charge in [0.05, 0.1) is 11.8 Å². The van der Waals surface area contributed by atoms with Gasteiger partial charge in [-0.15, -0.1) is 0 Å². The summed E-state index contributed by atoms with van der Waals surface area (Å²) in [5.74, 6) is -0.359. The zero-order valence-corrected chi connectivity index (χ0v) is 12.1. The highest BCUT2D eigenvalue weighted by atomic mass is 19.1. The normalized spacial score (nSPS) is 16.9. The topological polar surface area (TPSA) is 54.0 Å². The lowest BCUT2D eigenvalue weighted by Crippen LogP contribution is -2.36. The molecule has 1 fully saturated rings. The third-order valence-electron chi connectivity index (χ3n) is 4.37. The van der Waals surface area contributed by atoms with Crippen molar-refractivity contribution >= 4 is 11.7 Å². The minimum atomic E-state index is -0.500. The van der Waals surface area contributed by atoms with E-state index in [0.29, 0.717) is 12.4 Å². The molecule has 0 saturated heterocycles. The van der Waals surface area contributed by atoms with E-state index in [1.54, 1.807) is 7.05 Å². The minimum Gasteiger partial charge on any atom is -0.372 e. The van der Waals surface area contributed by atoms with E-state index >= 15 is 0 Å². The monoisotopic (exact) mass is 279 g/mol. The lowest BCUT2D eigenvalue weighted by Gasteiger charge is -2.27. The second-order valence-electron chi connectivity index (χ2n) is 5.54. The van der Waals surface area contributed by atoms with Gasteiger partial charge in [-0.1, -0.05) is 19.8 Å². The van der Waals surface area contributed by atoms with Crippen LogP contribution in [-0.4, -0.2) is 24.5 Å². The van der Waals surface area contributed by atoms with Gasteiger partial charge in [-0.3, -0.25) is 4.79 Å². The highest BCUT2D eigenvalue weighted by molar-refractivity contribution is 5.98. The molecule has 0 spiro atoms. The second-order valence-corrected chi connectivity index (χ2v) is 5.54. The van der Waals surface area contributed by atoms with Crippen LogP contribution in [-0.2, 0) is 0 Å². The Bertz CT molecular complexity index is 484. The number of anilines is 1. The summed E-state index contributed by atoms with van der Waals surface area (Å²) in [4.78, 5) is 16.1. The van der Waals surface area contributed by atoms with Gasteiger partial charge < -0.3 is 10.6 Å². The van der Waals surface area contributed by atoms with E-state index < -0.39 is 5.82 Å². The van der Waals surface area contributed by atoms with Crippen LogP contribution in [0.2, 0.25) is 0 Å². The lowest BCUT2D eigenvalue weighted by molar-refractivity contribution is 0.0929. The van der Waals surface area contributed by atoms with Gasteiger partial charge in [0, 0.05) is 13.6 Å². The molecule has 0 atom stereocenters. The van der Waals surface area contributed by atoms with Gasteiger partial charge in [0.2, 0.25) is 0 Å². The number of carbonyl (C=O) groups is 1. The summed E-state index contributed by atoms with van der Waals surface area (Å²) >= 11 is 0. The van der Waals surface area contributed by atoms with Crippen LogP contribution >= 0.6 is 0 Å². The van der Waals surface area contributed by atoms with E-state index in [9.17, 15) is 9.18 Å². The number of nitrogens with one attached hydrogen (secondary N) is 2. The Morgan fingerprint density at radius 3 is 2.75 bits per heavy atom. The number of halogens is 1. The number of hydrogen-bond donors (Lipinski definition) is 2. The zero-order valence-electron chi connectivity index (χ0n) is 12.1. The standard InChI is InChI=1S/C15H22FN3O/c1-3-15(6-4-5-7-15)10-19-14(20)12-8-11(16)9-18-13(12)17-2/h8-9H,3-7,10H2,1-2H3,(H,17,18)(H,19,20). The molecule has 1 saturated carbocycles. The second kappa shape index (κ2) is 6.20. The van der Waals surface area contributed by atoms with Crippen molar-refractivity contribution < 1.29 is 9.18 Å². The van der Waals surface area contributed by atoms with Gasteiger partial charge in [0.25, 0.3) is 5.91 Å². The molecule has 5 heteroatoms. The Labute approximate surface area is 119 Å². The van der Waals surface area contributed by atoms with Crippen molar-refractivity contribution in [3.63, 3.8) is 0 Å². The van der Waals surface area contributed by atoms with Crippen molar-refractivity contribution in [2.75, 3.05) is 18.9 Å². The molecule has 0 unspecified atom stereocenters. The fourth-order valence-corrected chi connectivity index (χ4v) is 2.95. The Hall–Kier alpha value is -1.65. The minimum absolute atomic E-state index is 0.218. The van der Waals surface area contributed by atoms with Crippen LogP contribution in [0.5, 0.6) is 0 Å². The predicted octanol–water partition coefficient (Wildman–Crippen LogP) is 2.96. The molecule has 0 aromatic carbocycles. The molecule has 0 aliphatic heterocycles. The van der Waals surface area contributed by atoms with E-state index in [4.69, 9.17) is 0 Å². The van der Waals surface area contributed by atoms with Gasteiger partial charge in [-0.25, -0.2) is 9.37 Å². The molecule has 0 radical (unpaired) electrons. The lowest BCUT2D eigenvalue weighted by atomic mass is 9.83. The summed E-state index contributed by atoms with van der Waals surface area (Å²) < 4.78 is 13.3. The SMILES string of the molecule is CCC1(CNC(=O)c2cc(F)cnc2NC)CCCC1. The number of nitrogens with zero attached hydrogens (tertiary/aromatic N) is 1. The van der Waals surface area contributed by atoms with Gasteiger partial charge in [-0.2, -0.15) is 0 Å². The first-order valence-electron chi connectivity index (χ1n) is 7.22. The highest BCUT2D eigenvalue weighted by Crippen LogP contribution is 2.40. The van der Waals surface area contributed by atoms with Crippen molar-refractivity contribution in [1.29, 1.82) is 0 Å². The number of rotatable bonds is 5. The first-order chi connectivity index (χ1) is 9.60. The van der Waals surface area contributed by atoms with E-state index in [-0.39, 0.29) is 16.9 Å². The smallest absolute Gasteiger partial charge is 0.255 e. The molecule has 2 N–H and O–H groups in total. The summed E-state index contributed by atoms with van der Waals surface area (Å²) in [6, 6.07) is 1.22. The number of aromatic nitrogens is 1. The molecular weight excluding hydrogens is 257 g/mol. The van der Waals surface area contributed by atoms with Crippen LogP contribution in [0.1, 0.15) is 49.4 Å². The molecule has 2 rings (SSSR count). The third-order valence-corrected chi connectivity index (χ3v) is 4.37. The molecule has 1 aromatic heterocycles. The number of hydrogen-bond acceptors (Lipinski definition) is 3. The Balaban J connectivity index is 2.06. The molecular formula is C15H22FN3O. The maximum absolute atomic E-state index is 13.3. The average molecular weight is 279 g/mol. The van der Waals surface area contributed by atoms with E-state index in [1.807, 2.05) is 0 Å². The zero-order chi connectivity index (χ0) is 14.6. The largest absolute Gasteiger partial charge is 0.372 e. The molecule has 1 aliphatic rings. The van der Waals surface area contributed by atoms with Crippen LogP contribution in [0.3, 0.4) is 0 Å². The molecule has 1 aliphatic carbocycles. The quantitative estimate of drug-likeness (QED) is 0.871. The maximum atomic E-state index is 13.3. The highest BCUT2D eigenvalue weighted by Gasteiger charge is 2.32. The molecule has 20 heavy (non-hydrogen) atoms. The summed E-state index contributed by atoms with van der Waals surface area (Å²) in [6.45, 7) is 2.82. The van der Waals surface area contributed by atoms with E-state index in [1.165, 1.54) is 18.9 Å².